The largest absolute Gasteiger partial charge is 0.464 e. The Labute approximate surface area is 76.7 Å². The van der Waals surface area contributed by atoms with Gasteiger partial charge in [-0.2, -0.15) is 0 Å². The maximum atomic E-state index is 11.0. The monoisotopic (exact) mass is 180 g/mol. The fraction of sp³-hybridized carbons (Fsp3) is 0.333. The van der Waals surface area contributed by atoms with Gasteiger partial charge >= 0.3 is 5.97 Å². The third-order valence-electron chi connectivity index (χ3n) is 1.71. The lowest BCUT2D eigenvalue weighted by molar-refractivity contribution is 0.0594. The minimum Gasteiger partial charge on any atom is -0.464 e. The first-order valence-corrected chi connectivity index (χ1v) is 3.95. The molecule has 1 aromatic rings. The molecule has 0 saturated heterocycles. The molecule has 0 bridgehead atoms. The minimum atomic E-state index is -0.434. The highest BCUT2D eigenvalue weighted by atomic mass is 16.5. The quantitative estimate of drug-likeness (QED) is 0.686. The lowest BCUT2D eigenvalue weighted by Gasteiger charge is -2.04. The molecule has 1 heterocycles. The van der Waals surface area contributed by atoms with E-state index in [0.29, 0.717) is 5.69 Å². The summed E-state index contributed by atoms with van der Waals surface area (Å²) in [6, 6.07) is 3.30. The highest BCUT2D eigenvalue weighted by Gasteiger charge is 2.06. The Bertz CT molecular complexity index is 293. The number of nitrogens with two attached hydrogens (primary N) is 1. The van der Waals surface area contributed by atoms with Crippen LogP contribution in [-0.4, -0.2) is 18.1 Å². The van der Waals surface area contributed by atoms with Gasteiger partial charge in [-0.3, -0.25) is 0 Å². The molecule has 0 aromatic carbocycles. The molecule has 0 aliphatic heterocycles. The van der Waals surface area contributed by atoms with E-state index in [-0.39, 0.29) is 6.04 Å². The van der Waals surface area contributed by atoms with Gasteiger partial charge in [-0.25, -0.2) is 9.78 Å². The first-order chi connectivity index (χ1) is 6.15. The number of pyridine rings is 1. The average Bonchev–Trinajstić information content (AvgIpc) is 2.17. The van der Waals surface area contributed by atoms with Crippen molar-refractivity contribution in [1.82, 2.24) is 4.98 Å². The zero-order chi connectivity index (χ0) is 9.84. The third kappa shape index (κ3) is 2.26. The minimum absolute atomic E-state index is 0.0702. The summed E-state index contributed by atoms with van der Waals surface area (Å²) in [7, 11) is 1.32. The smallest absolute Gasteiger partial charge is 0.356 e. The van der Waals surface area contributed by atoms with Gasteiger partial charge in [-0.1, -0.05) is 6.07 Å². The van der Waals surface area contributed by atoms with Crippen molar-refractivity contribution >= 4 is 5.97 Å². The summed E-state index contributed by atoms with van der Waals surface area (Å²) in [4.78, 5) is 14.9. The van der Waals surface area contributed by atoms with Crippen LogP contribution in [0.25, 0.3) is 0 Å². The Morgan fingerprint density at radius 3 is 2.69 bits per heavy atom. The van der Waals surface area contributed by atoms with E-state index in [0.717, 1.165) is 5.56 Å². The van der Waals surface area contributed by atoms with E-state index in [2.05, 4.69) is 9.72 Å². The van der Waals surface area contributed by atoms with Gasteiger partial charge in [-0.05, 0) is 18.6 Å². The maximum absolute atomic E-state index is 11.0. The molecule has 0 spiro atoms. The van der Waals surface area contributed by atoms with Crippen molar-refractivity contribution in [3.8, 4) is 0 Å². The molecular weight excluding hydrogens is 168 g/mol. The number of nitrogens with zero attached hydrogens (tertiary/aromatic N) is 1. The predicted molar refractivity (Wildman–Crippen MR) is 48.2 cm³/mol. The van der Waals surface area contributed by atoms with Gasteiger partial charge < -0.3 is 10.5 Å². The molecule has 0 aliphatic rings. The van der Waals surface area contributed by atoms with Crippen LogP contribution in [0.3, 0.4) is 0 Å². The molecule has 70 valence electrons. The predicted octanol–water partition coefficient (Wildman–Crippen LogP) is 0.888. The summed E-state index contributed by atoms with van der Waals surface area (Å²) in [5.41, 5.74) is 6.81. The molecule has 13 heavy (non-hydrogen) atoms. The molecule has 0 saturated carbocycles. The van der Waals surface area contributed by atoms with Crippen LogP contribution in [0.5, 0.6) is 0 Å². The van der Waals surface area contributed by atoms with Crippen molar-refractivity contribution in [1.29, 1.82) is 0 Å². The Morgan fingerprint density at radius 1 is 1.62 bits per heavy atom. The molecule has 4 nitrogen and oxygen atoms in total. The van der Waals surface area contributed by atoms with Crippen LogP contribution in [0, 0.1) is 0 Å². The average molecular weight is 180 g/mol. The van der Waals surface area contributed by atoms with Crippen LogP contribution in [0.4, 0.5) is 0 Å². The van der Waals surface area contributed by atoms with Gasteiger partial charge in [0.2, 0.25) is 0 Å². The Morgan fingerprint density at radius 2 is 2.31 bits per heavy atom. The van der Waals surface area contributed by atoms with E-state index in [1.807, 2.05) is 6.92 Å². The van der Waals surface area contributed by atoms with Crippen molar-refractivity contribution in [3.63, 3.8) is 0 Å². The summed E-state index contributed by atoms with van der Waals surface area (Å²) < 4.78 is 4.50. The van der Waals surface area contributed by atoms with Gasteiger partial charge in [0.1, 0.15) is 5.69 Å². The lowest BCUT2D eigenvalue weighted by atomic mass is 10.1. The van der Waals surface area contributed by atoms with E-state index in [1.54, 1.807) is 18.3 Å². The van der Waals surface area contributed by atoms with Crippen LogP contribution >= 0.6 is 0 Å². The second-order valence-corrected chi connectivity index (χ2v) is 2.76. The number of esters is 1. The van der Waals surface area contributed by atoms with Gasteiger partial charge in [0.05, 0.1) is 7.11 Å². The molecule has 0 radical (unpaired) electrons. The van der Waals surface area contributed by atoms with Crippen molar-refractivity contribution in [2.75, 3.05) is 7.11 Å². The summed E-state index contributed by atoms with van der Waals surface area (Å²) in [6.45, 7) is 1.86. The summed E-state index contributed by atoms with van der Waals surface area (Å²) in [5, 5.41) is 0. The number of carbonyl (C=O) groups is 1. The fourth-order valence-electron chi connectivity index (χ4n) is 0.900. The topological polar surface area (TPSA) is 65.2 Å². The number of methoxy groups -OCH3 is 1. The van der Waals surface area contributed by atoms with Gasteiger partial charge in [-0.15, -0.1) is 0 Å². The van der Waals surface area contributed by atoms with Crippen LogP contribution in [0.2, 0.25) is 0 Å². The number of hydrogen-bond donors (Lipinski definition) is 1. The molecule has 1 rings (SSSR count). The summed E-state index contributed by atoms with van der Waals surface area (Å²) in [6.07, 6.45) is 1.58. The zero-order valence-corrected chi connectivity index (χ0v) is 7.65. The highest BCUT2D eigenvalue weighted by Crippen LogP contribution is 2.08. The molecule has 0 unspecified atom stereocenters. The lowest BCUT2D eigenvalue weighted by Crippen LogP contribution is -2.08. The zero-order valence-electron chi connectivity index (χ0n) is 7.65. The van der Waals surface area contributed by atoms with Crippen LogP contribution in [0.15, 0.2) is 18.3 Å². The van der Waals surface area contributed by atoms with Gasteiger partial charge in [0, 0.05) is 12.2 Å². The number of carbonyl (C=O) groups excluding carboxylic acids is 1. The van der Waals surface area contributed by atoms with Crippen LogP contribution < -0.4 is 5.73 Å². The van der Waals surface area contributed by atoms with Gasteiger partial charge in [0.25, 0.3) is 0 Å². The first-order valence-electron chi connectivity index (χ1n) is 3.95. The van der Waals surface area contributed by atoms with Crippen molar-refractivity contribution < 1.29 is 9.53 Å². The SMILES string of the molecule is COC(=O)c1ccc([C@@H](C)N)cn1. The number of ether oxygens (including phenoxy) is 1. The second-order valence-electron chi connectivity index (χ2n) is 2.76. The molecule has 0 fully saturated rings. The molecule has 4 heteroatoms. The Kier molecular flexibility index (Phi) is 2.97. The highest BCUT2D eigenvalue weighted by molar-refractivity contribution is 5.86. The third-order valence-corrected chi connectivity index (χ3v) is 1.71. The number of hydrogen-bond acceptors (Lipinski definition) is 4. The Balaban J connectivity index is 2.87. The van der Waals surface area contributed by atoms with E-state index in [9.17, 15) is 4.79 Å². The van der Waals surface area contributed by atoms with E-state index in [4.69, 9.17) is 5.73 Å². The van der Waals surface area contributed by atoms with E-state index in [1.165, 1.54) is 7.11 Å². The van der Waals surface area contributed by atoms with Crippen LogP contribution in [0.1, 0.15) is 29.0 Å². The van der Waals surface area contributed by atoms with Crippen molar-refractivity contribution in [2.24, 2.45) is 5.73 Å². The normalized spacial score (nSPS) is 12.2. The Hall–Kier alpha value is -1.42. The van der Waals surface area contributed by atoms with Crippen molar-refractivity contribution in [2.45, 2.75) is 13.0 Å². The molecule has 0 amide bonds. The summed E-state index contributed by atoms with van der Waals surface area (Å²) >= 11 is 0. The standard InChI is InChI=1S/C9H12N2O2/c1-6(10)7-3-4-8(11-5-7)9(12)13-2/h3-6H,10H2,1-2H3/t6-/m1/s1. The van der Waals surface area contributed by atoms with Crippen LogP contribution in [-0.2, 0) is 4.74 Å². The molecule has 1 atom stereocenters. The van der Waals surface area contributed by atoms with Crippen molar-refractivity contribution in [3.05, 3.63) is 29.6 Å². The second kappa shape index (κ2) is 4.00. The first kappa shape index (κ1) is 9.67. The van der Waals surface area contributed by atoms with E-state index < -0.39 is 5.97 Å². The maximum Gasteiger partial charge on any atom is 0.356 e. The molecule has 0 aliphatic carbocycles. The summed E-state index contributed by atoms with van der Waals surface area (Å²) in [5.74, 6) is -0.434. The number of aromatic nitrogens is 1. The molecular formula is C9H12N2O2. The fourth-order valence-corrected chi connectivity index (χ4v) is 0.900. The van der Waals surface area contributed by atoms with E-state index >= 15 is 0 Å². The number of rotatable bonds is 2. The molecule has 1 aromatic heterocycles. The molecule has 2 N–H and O–H groups in total. The van der Waals surface area contributed by atoms with Gasteiger partial charge in [0.15, 0.2) is 0 Å².